The molecule has 0 aliphatic carbocycles. The monoisotopic (exact) mass is 591 g/mol. The number of nitro benzene ring substituents is 1. The summed E-state index contributed by atoms with van der Waals surface area (Å²) in [4.78, 5) is 17.7. The largest absolute Gasteiger partial charge is 0.494 e. The maximum atomic E-state index is 11.4. The van der Waals surface area contributed by atoms with Gasteiger partial charge in [-0.2, -0.15) is 0 Å². The number of ether oxygens (including phenoxy) is 1. The zero-order valence-corrected chi connectivity index (χ0v) is 23.7. The smallest absolute Gasteiger partial charge is 0.273 e. The number of hydrogen-bond donors (Lipinski definition) is 1. The van der Waals surface area contributed by atoms with Crippen molar-refractivity contribution in [1.29, 1.82) is 0 Å². The Morgan fingerprint density at radius 3 is 2.55 bits per heavy atom. The van der Waals surface area contributed by atoms with E-state index in [4.69, 9.17) is 17.0 Å². The van der Waals surface area contributed by atoms with Crippen LogP contribution in [0, 0.1) is 30.9 Å². The molecule has 38 heavy (non-hydrogen) atoms. The predicted octanol–water partition coefficient (Wildman–Crippen LogP) is 6.65. The highest BCUT2D eigenvalue weighted by atomic mass is 79.9. The lowest BCUT2D eigenvalue weighted by atomic mass is 9.96. The highest BCUT2D eigenvalue weighted by Gasteiger charge is 2.42. The summed E-state index contributed by atoms with van der Waals surface area (Å²) >= 11 is 9.50. The first-order valence-electron chi connectivity index (χ1n) is 12.0. The average molecular weight is 593 g/mol. The number of benzene rings is 2. The molecule has 0 unspecified atom stereocenters. The number of nitrogens with zero attached hydrogens (tertiary/aromatic N) is 4. The fourth-order valence-corrected chi connectivity index (χ4v) is 5.74. The van der Waals surface area contributed by atoms with Gasteiger partial charge in [-0.15, -0.1) is 0 Å². The number of aromatic nitrogens is 2. The summed E-state index contributed by atoms with van der Waals surface area (Å²) in [5.74, 6) is 0.425. The van der Waals surface area contributed by atoms with Crippen LogP contribution in [0.2, 0.25) is 0 Å². The summed E-state index contributed by atoms with van der Waals surface area (Å²) in [5.41, 5.74) is 6.68. The molecule has 0 amide bonds. The van der Waals surface area contributed by atoms with E-state index in [1.165, 1.54) is 19.2 Å². The number of thiocarbonyl (C=S) groups is 1. The first-order chi connectivity index (χ1) is 18.2. The molecule has 0 saturated carbocycles. The van der Waals surface area contributed by atoms with Gasteiger partial charge in [-0.3, -0.25) is 15.1 Å². The Kier molecular flexibility index (Phi) is 6.93. The highest BCUT2D eigenvalue weighted by Crippen LogP contribution is 2.45. The number of anilines is 1. The van der Waals surface area contributed by atoms with E-state index in [0.29, 0.717) is 10.9 Å². The van der Waals surface area contributed by atoms with E-state index >= 15 is 0 Å². The summed E-state index contributed by atoms with van der Waals surface area (Å²) in [6, 6.07) is 18.5. The molecule has 0 spiro atoms. The number of rotatable bonds is 6. The lowest BCUT2D eigenvalue weighted by molar-refractivity contribution is -0.384. The van der Waals surface area contributed by atoms with Crippen molar-refractivity contribution >= 4 is 44.6 Å². The van der Waals surface area contributed by atoms with Gasteiger partial charge in [0.15, 0.2) is 5.11 Å². The second-order valence-electron chi connectivity index (χ2n) is 9.21. The predicted molar refractivity (Wildman–Crippen MR) is 155 cm³/mol. The molecule has 2 aromatic carbocycles. The zero-order chi connectivity index (χ0) is 27.1. The molecule has 2 aromatic heterocycles. The van der Waals surface area contributed by atoms with Crippen molar-refractivity contribution in [3.63, 3.8) is 0 Å². The molecule has 2 atom stereocenters. The van der Waals surface area contributed by atoms with E-state index in [-0.39, 0.29) is 17.8 Å². The van der Waals surface area contributed by atoms with Crippen LogP contribution in [0.25, 0.3) is 5.69 Å². The van der Waals surface area contributed by atoms with Crippen LogP contribution in [-0.4, -0.2) is 26.7 Å². The Balaban J connectivity index is 1.69. The van der Waals surface area contributed by atoms with Crippen LogP contribution in [0.1, 0.15) is 40.3 Å². The standard InChI is InChI=1S/C28H26BrN5O3S/c1-16-13-19(8-10-22(16)29)33-27(26(31-28(33)38)23-7-5-6-12-30-23)21-14-17(2)32(18(21)3)24-11-9-20(34(35)36)15-25(24)37-4/h5-15,26-27H,1-4H3,(H,31,38)/t26-,27-/m0/s1. The van der Waals surface area contributed by atoms with Crippen molar-refractivity contribution in [2.24, 2.45) is 0 Å². The topological polar surface area (TPSA) is 85.5 Å². The Labute approximate surface area is 234 Å². The number of pyridine rings is 1. The molecule has 1 saturated heterocycles. The number of halogens is 1. The molecule has 4 aromatic rings. The summed E-state index contributed by atoms with van der Waals surface area (Å²) < 4.78 is 8.67. The van der Waals surface area contributed by atoms with Gasteiger partial charge in [0.05, 0.1) is 41.6 Å². The van der Waals surface area contributed by atoms with Gasteiger partial charge in [-0.1, -0.05) is 22.0 Å². The number of aryl methyl sites for hydroxylation is 2. The number of methoxy groups -OCH3 is 1. The second kappa shape index (κ2) is 10.2. The molecule has 1 N–H and O–H groups in total. The molecule has 1 aliphatic rings. The van der Waals surface area contributed by atoms with E-state index in [1.54, 1.807) is 12.3 Å². The number of non-ortho nitro benzene ring substituents is 1. The number of nitro groups is 1. The van der Waals surface area contributed by atoms with Crippen molar-refractivity contribution in [3.8, 4) is 11.4 Å². The molecule has 8 nitrogen and oxygen atoms in total. The normalized spacial score (nSPS) is 17.0. The fraction of sp³-hybridized carbons (Fsp3) is 0.214. The molecular weight excluding hydrogens is 566 g/mol. The molecule has 1 aliphatic heterocycles. The average Bonchev–Trinajstić information content (AvgIpc) is 3.40. The van der Waals surface area contributed by atoms with Crippen LogP contribution in [0.3, 0.4) is 0 Å². The van der Waals surface area contributed by atoms with Crippen molar-refractivity contribution in [2.45, 2.75) is 32.9 Å². The first kappa shape index (κ1) is 25.9. The Hall–Kier alpha value is -3.76. The lowest BCUT2D eigenvalue weighted by Crippen LogP contribution is -2.29. The molecule has 1 fully saturated rings. The Morgan fingerprint density at radius 2 is 1.89 bits per heavy atom. The summed E-state index contributed by atoms with van der Waals surface area (Å²) in [6.45, 7) is 6.12. The van der Waals surface area contributed by atoms with Crippen LogP contribution < -0.4 is 15.0 Å². The Morgan fingerprint density at radius 1 is 1.11 bits per heavy atom. The van der Waals surface area contributed by atoms with Crippen LogP contribution >= 0.6 is 28.1 Å². The maximum absolute atomic E-state index is 11.4. The van der Waals surface area contributed by atoms with E-state index in [9.17, 15) is 10.1 Å². The van der Waals surface area contributed by atoms with Crippen LogP contribution in [-0.2, 0) is 0 Å². The third-order valence-electron chi connectivity index (χ3n) is 6.92. The molecular formula is C28H26BrN5O3S. The highest BCUT2D eigenvalue weighted by molar-refractivity contribution is 9.10. The van der Waals surface area contributed by atoms with Gasteiger partial charge >= 0.3 is 0 Å². The molecule has 5 rings (SSSR count). The molecule has 3 heterocycles. The maximum Gasteiger partial charge on any atom is 0.273 e. The van der Waals surface area contributed by atoms with Crippen molar-refractivity contribution in [1.82, 2.24) is 14.9 Å². The first-order valence-corrected chi connectivity index (χ1v) is 13.2. The van der Waals surface area contributed by atoms with Crippen molar-refractivity contribution in [3.05, 3.63) is 110 Å². The van der Waals surface area contributed by atoms with Crippen LogP contribution in [0.15, 0.2) is 71.3 Å². The minimum Gasteiger partial charge on any atom is -0.494 e. The summed E-state index contributed by atoms with van der Waals surface area (Å²) in [5, 5.41) is 15.5. The van der Waals surface area contributed by atoms with Crippen molar-refractivity contribution < 1.29 is 9.66 Å². The van der Waals surface area contributed by atoms with E-state index in [1.807, 2.05) is 38.1 Å². The number of nitrogens with one attached hydrogen (secondary N) is 1. The Bertz CT molecular complexity index is 1560. The minimum atomic E-state index is -0.423. The lowest BCUT2D eigenvalue weighted by Gasteiger charge is -2.28. The summed E-state index contributed by atoms with van der Waals surface area (Å²) in [6.07, 6.45) is 1.79. The van der Waals surface area contributed by atoms with Gasteiger partial charge in [-0.25, -0.2) is 0 Å². The van der Waals surface area contributed by atoms with Gasteiger partial charge < -0.3 is 19.5 Å². The second-order valence-corrected chi connectivity index (χ2v) is 10.4. The van der Waals surface area contributed by atoms with Crippen LogP contribution in [0.4, 0.5) is 11.4 Å². The molecule has 10 heteroatoms. The third-order valence-corrected chi connectivity index (χ3v) is 8.13. The van der Waals surface area contributed by atoms with Crippen molar-refractivity contribution in [2.75, 3.05) is 12.0 Å². The molecule has 0 radical (unpaired) electrons. The minimum absolute atomic E-state index is 0.0226. The van der Waals surface area contributed by atoms with Gasteiger partial charge in [0.2, 0.25) is 0 Å². The van der Waals surface area contributed by atoms with Gasteiger partial charge in [0.25, 0.3) is 5.69 Å². The van der Waals surface area contributed by atoms with E-state index in [0.717, 1.165) is 44.1 Å². The fourth-order valence-electron chi connectivity index (χ4n) is 5.15. The molecule has 0 bridgehead atoms. The van der Waals surface area contributed by atoms with E-state index in [2.05, 4.69) is 60.8 Å². The van der Waals surface area contributed by atoms with Gasteiger partial charge in [-0.05, 0) is 86.6 Å². The molecule has 194 valence electrons. The third kappa shape index (κ3) is 4.43. The van der Waals surface area contributed by atoms with Crippen LogP contribution in [0.5, 0.6) is 5.75 Å². The quantitative estimate of drug-likeness (QED) is 0.152. The number of hydrogen-bond acceptors (Lipinski definition) is 5. The van der Waals surface area contributed by atoms with Gasteiger partial charge in [0, 0.05) is 33.8 Å². The SMILES string of the molecule is COc1cc([N+](=O)[O-])ccc1-n1c(C)cc([C@H]2[C@H](c3ccccn3)NC(=S)N2c2ccc(Br)c(C)c2)c1C. The summed E-state index contributed by atoms with van der Waals surface area (Å²) in [7, 11) is 1.52. The van der Waals surface area contributed by atoms with Gasteiger partial charge in [0.1, 0.15) is 5.75 Å². The van der Waals surface area contributed by atoms with E-state index < -0.39 is 4.92 Å². The zero-order valence-electron chi connectivity index (χ0n) is 21.3.